The monoisotopic (exact) mass is 302 g/mol. The Hall–Kier alpha value is -1.65. The number of amides is 1. The molecule has 0 radical (unpaired) electrons. The van der Waals surface area contributed by atoms with E-state index in [-0.39, 0.29) is 5.91 Å². The van der Waals surface area contributed by atoms with Gasteiger partial charge in [-0.25, -0.2) is 9.97 Å². The molecule has 0 aliphatic carbocycles. The molecule has 0 spiro atoms. The van der Waals surface area contributed by atoms with Gasteiger partial charge in [0.15, 0.2) is 0 Å². The van der Waals surface area contributed by atoms with E-state index in [1.807, 2.05) is 17.9 Å². The van der Waals surface area contributed by atoms with Gasteiger partial charge in [0.2, 0.25) is 0 Å². The van der Waals surface area contributed by atoms with Crippen LogP contribution >= 0.6 is 0 Å². The molecule has 0 unspecified atom stereocenters. The summed E-state index contributed by atoms with van der Waals surface area (Å²) in [7, 11) is 0. The summed E-state index contributed by atoms with van der Waals surface area (Å²) in [5, 5.41) is 0. The lowest BCUT2D eigenvalue weighted by molar-refractivity contribution is 0.0718. The molecule has 22 heavy (non-hydrogen) atoms. The van der Waals surface area contributed by atoms with Gasteiger partial charge in [-0.2, -0.15) is 0 Å². The zero-order valence-corrected chi connectivity index (χ0v) is 13.7. The molecule has 5 heteroatoms. The van der Waals surface area contributed by atoms with Crippen LogP contribution in [-0.2, 0) is 0 Å². The van der Waals surface area contributed by atoms with Crippen LogP contribution in [0.3, 0.4) is 0 Å². The van der Waals surface area contributed by atoms with Gasteiger partial charge in [-0.3, -0.25) is 4.79 Å². The van der Waals surface area contributed by atoms with Gasteiger partial charge in [-0.1, -0.05) is 6.92 Å². The summed E-state index contributed by atoms with van der Waals surface area (Å²) in [6, 6.07) is 1.89. The Balaban J connectivity index is 1.81. The maximum Gasteiger partial charge on any atom is 0.272 e. The van der Waals surface area contributed by atoms with Crippen LogP contribution in [0.2, 0.25) is 0 Å². The highest BCUT2D eigenvalue weighted by Gasteiger charge is 2.23. The van der Waals surface area contributed by atoms with E-state index in [9.17, 15) is 4.79 Å². The van der Waals surface area contributed by atoms with Crippen LogP contribution in [0.25, 0.3) is 0 Å². The third-order valence-corrected chi connectivity index (χ3v) is 4.67. The van der Waals surface area contributed by atoms with Crippen molar-refractivity contribution < 1.29 is 4.79 Å². The fraction of sp³-hybridized carbons (Fsp3) is 0.706. The van der Waals surface area contributed by atoms with Crippen molar-refractivity contribution in [2.75, 3.05) is 31.1 Å². The standard InChI is InChI=1S/C17H26N4O/c1-13-7-6-10-21(12-13)16-11-15(18-14(2)19-16)17(22)20-8-4-3-5-9-20/h11,13H,3-10,12H2,1-2H3/t13-/m1/s1. The minimum absolute atomic E-state index is 0.0662. The molecular formula is C17H26N4O. The molecule has 2 fully saturated rings. The van der Waals surface area contributed by atoms with Crippen molar-refractivity contribution in [1.82, 2.24) is 14.9 Å². The Bertz CT molecular complexity index is 539. The first-order chi connectivity index (χ1) is 10.6. The third-order valence-electron chi connectivity index (χ3n) is 4.67. The van der Waals surface area contributed by atoms with Gasteiger partial charge in [0.1, 0.15) is 17.3 Å². The summed E-state index contributed by atoms with van der Waals surface area (Å²) in [6.07, 6.45) is 5.90. The van der Waals surface area contributed by atoms with Gasteiger partial charge in [0, 0.05) is 32.2 Å². The minimum Gasteiger partial charge on any atom is -0.356 e. The first-order valence-electron chi connectivity index (χ1n) is 8.53. The van der Waals surface area contributed by atoms with Gasteiger partial charge in [0.05, 0.1) is 0 Å². The van der Waals surface area contributed by atoms with E-state index >= 15 is 0 Å². The van der Waals surface area contributed by atoms with Gasteiger partial charge in [-0.05, 0) is 44.9 Å². The van der Waals surface area contributed by atoms with Crippen LogP contribution in [0.15, 0.2) is 6.07 Å². The predicted molar refractivity (Wildman–Crippen MR) is 87.1 cm³/mol. The van der Waals surface area contributed by atoms with Gasteiger partial charge < -0.3 is 9.80 Å². The Labute approximate surface area is 132 Å². The topological polar surface area (TPSA) is 49.3 Å². The zero-order chi connectivity index (χ0) is 15.5. The molecule has 3 heterocycles. The predicted octanol–water partition coefficient (Wildman–Crippen LogP) is 2.65. The van der Waals surface area contributed by atoms with E-state index in [2.05, 4.69) is 21.8 Å². The third kappa shape index (κ3) is 3.39. The largest absolute Gasteiger partial charge is 0.356 e. The van der Waals surface area contributed by atoms with E-state index in [4.69, 9.17) is 0 Å². The van der Waals surface area contributed by atoms with Crippen molar-refractivity contribution >= 4 is 11.7 Å². The van der Waals surface area contributed by atoms with Gasteiger partial charge in [0.25, 0.3) is 5.91 Å². The van der Waals surface area contributed by atoms with Crippen LogP contribution in [-0.4, -0.2) is 47.0 Å². The molecule has 5 nitrogen and oxygen atoms in total. The molecule has 3 rings (SSSR count). The van der Waals surface area contributed by atoms with Crippen LogP contribution in [0.5, 0.6) is 0 Å². The van der Waals surface area contributed by atoms with E-state index in [0.29, 0.717) is 17.4 Å². The number of piperidine rings is 2. The number of anilines is 1. The fourth-order valence-corrected chi connectivity index (χ4v) is 3.48. The van der Waals surface area contributed by atoms with Gasteiger partial charge in [-0.15, -0.1) is 0 Å². The van der Waals surface area contributed by atoms with E-state index < -0.39 is 0 Å². The lowest BCUT2D eigenvalue weighted by atomic mass is 10.0. The van der Waals surface area contributed by atoms with Crippen molar-refractivity contribution in [2.24, 2.45) is 5.92 Å². The lowest BCUT2D eigenvalue weighted by Crippen LogP contribution is -2.37. The Morgan fingerprint density at radius 3 is 2.64 bits per heavy atom. The molecular weight excluding hydrogens is 276 g/mol. The highest BCUT2D eigenvalue weighted by atomic mass is 16.2. The molecule has 1 atom stereocenters. The Kier molecular flexibility index (Phi) is 4.60. The fourth-order valence-electron chi connectivity index (χ4n) is 3.48. The SMILES string of the molecule is Cc1nc(C(=O)N2CCCCC2)cc(N2CCC[C@@H](C)C2)n1. The zero-order valence-electron chi connectivity index (χ0n) is 13.7. The summed E-state index contributed by atoms with van der Waals surface area (Å²) in [5.41, 5.74) is 0.558. The number of aromatic nitrogens is 2. The van der Waals surface area contributed by atoms with Crippen LogP contribution < -0.4 is 4.90 Å². The molecule has 1 aromatic heterocycles. The molecule has 0 aromatic carbocycles. The first-order valence-corrected chi connectivity index (χ1v) is 8.53. The van der Waals surface area contributed by atoms with Crippen molar-refractivity contribution in [2.45, 2.75) is 46.0 Å². The molecule has 2 aliphatic rings. The molecule has 0 bridgehead atoms. The number of rotatable bonds is 2. The summed E-state index contributed by atoms with van der Waals surface area (Å²) in [4.78, 5) is 25.9. The smallest absolute Gasteiger partial charge is 0.272 e. The summed E-state index contributed by atoms with van der Waals surface area (Å²) < 4.78 is 0. The molecule has 0 N–H and O–H groups in total. The minimum atomic E-state index is 0.0662. The maximum absolute atomic E-state index is 12.7. The van der Waals surface area contributed by atoms with E-state index in [1.54, 1.807) is 0 Å². The molecule has 120 valence electrons. The summed E-state index contributed by atoms with van der Waals surface area (Å²) in [6.45, 7) is 7.92. The van der Waals surface area contributed by atoms with Crippen LogP contribution in [0.4, 0.5) is 5.82 Å². The lowest BCUT2D eigenvalue weighted by Gasteiger charge is -2.32. The summed E-state index contributed by atoms with van der Waals surface area (Å²) >= 11 is 0. The number of likely N-dealkylation sites (tertiary alicyclic amines) is 1. The van der Waals surface area contributed by atoms with Crippen LogP contribution in [0, 0.1) is 12.8 Å². The van der Waals surface area contributed by atoms with Crippen LogP contribution in [0.1, 0.15) is 55.3 Å². The highest BCUT2D eigenvalue weighted by molar-refractivity contribution is 5.93. The van der Waals surface area contributed by atoms with Crippen molar-refractivity contribution in [3.05, 3.63) is 17.6 Å². The number of carbonyl (C=O) groups is 1. The number of hydrogen-bond donors (Lipinski definition) is 0. The Morgan fingerprint density at radius 2 is 1.91 bits per heavy atom. The van der Waals surface area contributed by atoms with Gasteiger partial charge >= 0.3 is 0 Å². The summed E-state index contributed by atoms with van der Waals surface area (Å²) in [5.74, 6) is 2.36. The number of aryl methyl sites for hydroxylation is 1. The second kappa shape index (κ2) is 6.63. The molecule has 1 amide bonds. The van der Waals surface area contributed by atoms with Crippen molar-refractivity contribution in [3.8, 4) is 0 Å². The average molecular weight is 302 g/mol. The first kappa shape index (κ1) is 15.3. The Morgan fingerprint density at radius 1 is 1.14 bits per heavy atom. The highest BCUT2D eigenvalue weighted by Crippen LogP contribution is 2.22. The molecule has 1 aromatic rings. The number of hydrogen-bond acceptors (Lipinski definition) is 4. The normalized spacial score (nSPS) is 22.7. The quantitative estimate of drug-likeness (QED) is 0.842. The molecule has 2 aliphatic heterocycles. The number of carbonyl (C=O) groups excluding carboxylic acids is 1. The molecule has 2 saturated heterocycles. The van der Waals surface area contributed by atoms with E-state index in [1.165, 1.54) is 19.3 Å². The van der Waals surface area contributed by atoms with E-state index in [0.717, 1.165) is 44.8 Å². The second-order valence-corrected chi connectivity index (χ2v) is 6.70. The second-order valence-electron chi connectivity index (χ2n) is 6.70. The average Bonchev–Trinajstić information content (AvgIpc) is 2.54. The van der Waals surface area contributed by atoms with Crippen molar-refractivity contribution in [1.29, 1.82) is 0 Å². The maximum atomic E-state index is 12.7. The van der Waals surface area contributed by atoms with Crippen molar-refractivity contribution in [3.63, 3.8) is 0 Å². The number of nitrogens with zero attached hydrogens (tertiary/aromatic N) is 4. The molecule has 0 saturated carbocycles.